The van der Waals surface area contributed by atoms with Gasteiger partial charge < -0.3 is 10.4 Å². The molecular formula is C11H21NO. The third-order valence-corrected chi connectivity index (χ3v) is 5.12. The molecule has 4 atom stereocenters. The Bertz CT molecular complexity index is 226. The first-order chi connectivity index (χ1) is 5.95. The zero-order valence-corrected chi connectivity index (χ0v) is 9.09. The fraction of sp³-hybridized carbons (Fsp3) is 1.00. The molecule has 0 saturated heterocycles. The van der Waals surface area contributed by atoms with Crippen molar-refractivity contribution in [3.63, 3.8) is 0 Å². The van der Waals surface area contributed by atoms with Gasteiger partial charge in [-0.05, 0) is 36.6 Å². The van der Waals surface area contributed by atoms with E-state index in [1.165, 1.54) is 12.8 Å². The first kappa shape index (κ1) is 9.47. The van der Waals surface area contributed by atoms with E-state index < -0.39 is 0 Å². The highest BCUT2D eigenvalue weighted by Gasteiger charge is 2.65. The van der Waals surface area contributed by atoms with Crippen LogP contribution >= 0.6 is 0 Å². The summed E-state index contributed by atoms with van der Waals surface area (Å²) in [6, 6.07) is 0.293. The maximum atomic E-state index is 10.1. The molecule has 2 bridgehead atoms. The smallest absolute Gasteiger partial charge is 0.0732 e. The molecule has 2 N–H and O–H groups in total. The number of rotatable bonds is 1. The second-order valence-electron chi connectivity index (χ2n) is 5.54. The molecule has 0 aliphatic heterocycles. The Balaban J connectivity index is 2.40. The molecule has 0 unspecified atom stereocenters. The van der Waals surface area contributed by atoms with Gasteiger partial charge in [0.15, 0.2) is 0 Å². The summed E-state index contributed by atoms with van der Waals surface area (Å²) in [5, 5.41) is 13.4. The van der Waals surface area contributed by atoms with Crippen LogP contribution in [0, 0.1) is 16.7 Å². The summed E-state index contributed by atoms with van der Waals surface area (Å²) >= 11 is 0. The number of likely N-dealkylation sites (N-methyl/N-ethyl adjacent to an activating group) is 1. The second-order valence-corrected chi connectivity index (χ2v) is 5.54. The lowest BCUT2D eigenvalue weighted by Gasteiger charge is -2.39. The first-order valence-corrected chi connectivity index (χ1v) is 5.30. The molecule has 2 rings (SSSR count). The summed E-state index contributed by atoms with van der Waals surface area (Å²) in [5.74, 6) is 0.495. The number of nitrogens with one attached hydrogen (secondary N) is 1. The van der Waals surface area contributed by atoms with E-state index in [1.807, 2.05) is 7.05 Å². The van der Waals surface area contributed by atoms with Crippen LogP contribution in [0.4, 0.5) is 0 Å². The molecule has 0 amide bonds. The Morgan fingerprint density at radius 2 is 1.92 bits per heavy atom. The van der Waals surface area contributed by atoms with Crippen molar-refractivity contribution >= 4 is 0 Å². The largest absolute Gasteiger partial charge is 0.391 e. The van der Waals surface area contributed by atoms with E-state index in [0.717, 1.165) is 0 Å². The lowest BCUT2D eigenvalue weighted by Crippen LogP contribution is -2.48. The predicted octanol–water partition coefficient (Wildman–Crippen LogP) is 1.39. The minimum absolute atomic E-state index is 0.140. The lowest BCUT2D eigenvalue weighted by molar-refractivity contribution is 0.0618. The van der Waals surface area contributed by atoms with Gasteiger partial charge >= 0.3 is 0 Å². The molecular weight excluding hydrogens is 162 g/mol. The van der Waals surface area contributed by atoms with Crippen LogP contribution in [-0.2, 0) is 0 Å². The average molecular weight is 183 g/mol. The Labute approximate surface area is 80.7 Å². The number of hydrogen-bond donors (Lipinski definition) is 2. The molecule has 0 heterocycles. The molecule has 0 radical (unpaired) electrons. The fourth-order valence-electron chi connectivity index (χ4n) is 3.81. The molecule has 0 aromatic rings. The van der Waals surface area contributed by atoms with E-state index in [1.54, 1.807) is 0 Å². The molecule has 2 fully saturated rings. The Hall–Kier alpha value is -0.0800. The maximum Gasteiger partial charge on any atom is 0.0732 e. The lowest BCUT2D eigenvalue weighted by atomic mass is 9.69. The summed E-state index contributed by atoms with van der Waals surface area (Å²) in [7, 11) is 1.97. The van der Waals surface area contributed by atoms with Gasteiger partial charge in [0.2, 0.25) is 0 Å². The first-order valence-electron chi connectivity index (χ1n) is 5.30. The molecule has 2 heteroatoms. The molecule has 0 aromatic heterocycles. The highest BCUT2D eigenvalue weighted by molar-refractivity contribution is 5.17. The zero-order valence-electron chi connectivity index (χ0n) is 9.09. The average Bonchev–Trinajstić information content (AvgIpc) is 2.32. The molecule has 2 nitrogen and oxygen atoms in total. The summed E-state index contributed by atoms with van der Waals surface area (Å²) < 4.78 is 0. The Kier molecular flexibility index (Phi) is 1.81. The summed E-state index contributed by atoms with van der Waals surface area (Å²) in [5.41, 5.74) is 0.575. The van der Waals surface area contributed by atoms with Gasteiger partial charge in [-0.3, -0.25) is 0 Å². The van der Waals surface area contributed by atoms with Gasteiger partial charge in [0.1, 0.15) is 0 Å². The Morgan fingerprint density at radius 1 is 1.31 bits per heavy atom. The van der Waals surface area contributed by atoms with E-state index in [2.05, 4.69) is 26.1 Å². The third kappa shape index (κ3) is 0.861. The van der Waals surface area contributed by atoms with Crippen molar-refractivity contribution in [2.24, 2.45) is 16.7 Å². The topological polar surface area (TPSA) is 32.3 Å². The van der Waals surface area contributed by atoms with Gasteiger partial charge in [-0.15, -0.1) is 0 Å². The quantitative estimate of drug-likeness (QED) is 0.644. The van der Waals surface area contributed by atoms with Gasteiger partial charge in [0.05, 0.1) is 6.10 Å². The fourth-order valence-corrected chi connectivity index (χ4v) is 3.81. The summed E-state index contributed by atoms with van der Waals surface area (Å²) in [4.78, 5) is 0. The minimum atomic E-state index is -0.140. The van der Waals surface area contributed by atoms with Crippen molar-refractivity contribution in [2.45, 2.75) is 45.8 Å². The van der Waals surface area contributed by atoms with Crippen LogP contribution in [0.5, 0.6) is 0 Å². The number of fused-ring (bicyclic) bond motifs is 2. The van der Waals surface area contributed by atoms with Gasteiger partial charge in [-0.25, -0.2) is 0 Å². The third-order valence-electron chi connectivity index (χ3n) is 5.12. The van der Waals surface area contributed by atoms with Gasteiger partial charge in [0, 0.05) is 6.04 Å². The monoisotopic (exact) mass is 183 g/mol. The van der Waals surface area contributed by atoms with Crippen molar-refractivity contribution in [3.05, 3.63) is 0 Å². The van der Waals surface area contributed by atoms with Gasteiger partial charge in [-0.1, -0.05) is 20.8 Å². The van der Waals surface area contributed by atoms with E-state index in [9.17, 15) is 5.11 Å². The zero-order chi connectivity index (χ0) is 9.85. The van der Waals surface area contributed by atoms with Crippen molar-refractivity contribution in [2.75, 3.05) is 7.05 Å². The van der Waals surface area contributed by atoms with Crippen LogP contribution in [0.15, 0.2) is 0 Å². The number of aliphatic hydroxyl groups excluding tert-OH is 1. The van der Waals surface area contributed by atoms with Crippen LogP contribution in [0.2, 0.25) is 0 Å². The molecule has 2 aliphatic carbocycles. The Morgan fingerprint density at radius 3 is 2.23 bits per heavy atom. The molecule has 0 spiro atoms. The van der Waals surface area contributed by atoms with Crippen molar-refractivity contribution in [3.8, 4) is 0 Å². The van der Waals surface area contributed by atoms with Crippen molar-refractivity contribution < 1.29 is 5.11 Å². The van der Waals surface area contributed by atoms with Crippen molar-refractivity contribution in [1.82, 2.24) is 5.32 Å². The minimum Gasteiger partial charge on any atom is -0.391 e. The van der Waals surface area contributed by atoms with Crippen molar-refractivity contribution in [1.29, 1.82) is 0 Å². The van der Waals surface area contributed by atoms with E-state index in [4.69, 9.17) is 0 Å². The van der Waals surface area contributed by atoms with E-state index >= 15 is 0 Å². The SMILES string of the molecule is CN[C@H]1[C@@H](O)[C@H]2CC[C@@]1(C)C2(C)C. The molecule has 76 valence electrons. The highest BCUT2D eigenvalue weighted by Crippen LogP contribution is 2.65. The van der Waals surface area contributed by atoms with E-state index in [0.29, 0.717) is 17.4 Å². The highest BCUT2D eigenvalue weighted by atomic mass is 16.3. The van der Waals surface area contributed by atoms with Crippen LogP contribution in [0.1, 0.15) is 33.6 Å². The predicted molar refractivity (Wildman–Crippen MR) is 53.5 cm³/mol. The molecule has 2 saturated carbocycles. The second kappa shape index (κ2) is 2.48. The van der Waals surface area contributed by atoms with Crippen LogP contribution in [0.3, 0.4) is 0 Å². The standard InChI is InChI=1S/C11H21NO/c1-10(2)7-5-6-11(10,3)9(12-4)8(7)13/h7-9,12-13H,5-6H2,1-4H3/t7-,8+,9+,11-/m1/s1. The van der Waals surface area contributed by atoms with E-state index in [-0.39, 0.29) is 11.5 Å². The summed E-state index contributed by atoms with van der Waals surface area (Å²) in [6.07, 6.45) is 2.31. The van der Waals surface area contributed by atoms with Crippen LogP contribution < -0.4 is 5.32 Å². The molecule has 2 aliphatic rings. The van der Waals surface area contributed by atoms with Crippen LogP contribution in [-0.4, -0.2) is 24.3 Å². The van der Waals surface area contributed by atoms with Crippen LogP contribution in [0.25, 0.3) is 0 Å². The normalized spacial score (nSPS) is 52.8. The maximum absolute atomic E-state index is 10.1. The number of hydrogen-bond acceptors (Lipinski definition) is 2. The number of aliphatic hydroxyl groups is 1. The van der Waals surface area contributed by atoms with Gasteiger partial charge in [-0.2, -0.15) is 0 Å². The summed E-state index contributed by atoms with van der Waals surface area (Å²) in [6.45, 7) is 6.95. The molecule has 0 aromatic carbocycles. The van der Waals surface area contributed by atoms with Gasteiger partial charge in [0.25, 0.3) is 0 Å². The molecule has 13 heavy (non-hydrogen) atoms.